The molecule has 5 nitrogen and oxygen atoms in total. The van der Waals surface area contributed by atoms with Gasteiger partial charge in [-0.3, -0.25) is 9.69 Å². The van der Waals surface area contributed by atoms with E-state index in [1.54, 1.807) is 7.11 Å². The Labute approximate surface area is 89.6 Å². The van der Waals surface area contributed by atoms with Crippen LogP contribution in [0.2, 0.25) is 0 Å². The number of aliphatic hydroxyl groups excluding tert-OH is 1. The van der Waals surface area contributed by atoms with Gasteiger partial charge in [-0.2, -0.15) is 0 Å². The van der Waals surface area contributed by atoms with E-state index in [0.717, 1.165) is 19.4 Å². The van der Waals surface area contributed by atoms with E-state index < -0.39 is 12.1 Å². The minimum absolute atomic E-state index is 0.184. The average Bonchev–Trinajstić information content (AvgIpc) is 2.93. The van der Waals surface area contributed by atoms with E-state index in [1.807, 2.05) is 0 Å². The number of aliphatic carboxylic acids is 1. The predicted octanol–water partition coefficient (Wildman–Crippen LogP) is -0.0672. The van der Waals surface area contributed by atoms with E-state index in [-0.39, 0.29) is 6.42 Å². The number of hydrogen-bond donors (Lipinski definition) is 2. The van der Waals surface area contributed by atoms with E-state index in [4.69, 9.17) is 9.84 Å². The van der Waals surface area contributed by atoms with Crippen LogP contribution in [-0.4, -0.2) is 60.0 Å². The standard InChI is InChI=1S/C10H19NO4/c1-15-5-4-11(8-2-3-8)7-9(12)6-10(13)14/h8-9,12H,2-7H2,1H3,(H,13,14). The Morgan fingerprint density at radius 1 is 1.60 bits per heavy atom. The number of methoxy groups -OCH3 is 1. The summed E-state index contributed by atoms with van der Waals surface area (Å²) in [5.74, 6) is -0.954. The summed E-state index contributed by atoms with van der Waals surface area (Å²) < 4.78 is 4.97. The summed E-state index contributed by atoms with van der Waals surface area (Å²) in [5, 5.41) is 18.0. The van der Waals surface area contributed by atoms with Crippen LogP contribution in [0, 0.1) is 0 Å². The van der Waals surface area contributed by atoms with Crippen molar-refractivity contribution in [1.29, 1.82) is 0 Å². The molecule has 1 rings (SSSR count). The zero-order valence-corrected chi connectivity index (χ0v) is 9.06. The van der Waals surface area contributed by atoms with Gasteiger partial charge in [0.05, 0.1) is 19.1 Å². The van der Waals surface area contributed by atoms with Crippen molar-refractivity contribution in [3.8, 4) is 0 Å². The molecule has 0 aromatic carbocycles. The van der Waals surface area contributed by atoms with Gasteiger partial charge in [0.25, 0.3) is 0 Å². The van der Waals surface area contributed by atoms with Crippen molar-refractivity contribution >= 4 is 5.97 Å². The van der Waals surface area contributed by atoms with E-state index >= 15 is 0 Å². The Bertz CT molecular complexity index is 206. The van der Waals surface area contributed by atoms with Gasteiger partial charge in [0.2, 0.25) is 0 Å². The molecule has 1 unspecified atom stereocenters. The molecule has 0 saturated heterocycles. The number of rotatable bonds is 8. The molecule has 0 heterocycles. The third-order valence-electron chi connectivity index (χ3n) is 2.50. The maximum absolute atomic E-state index is 10.4. The molecule has 0 aromatic heterocycles. The normalized spacial score (nSPS) is 18.1. The lowest BCUT2D eigenvalue weighted by atomic mass is 10.2. The lowest BCUT2D eigenvalue weighted by Gasteiger charge is -2.23. The SMILES string of the molecule is COCCN(CC(O)CC(=O)O)C1CC1. The summed E-state index contributed by atoms with van der Waals surface area (Å²) in [6.45, 7) is 1.81. The summed E-state index contributed by atoms with van der Waals surface area (Å²) in [7, 11) is 1.64. The minimum atomic E-state index is -0.954. The number of carboxylic acids is 1. The zero-order valence-electron chi connectivity index (χ0n) is 9.06. The molecule has 1 atom stereocenters. The van der Waals surface area contributed by atoms with Crippen LogP contribution in [0.3, 0.4) is 0 Å². The van der Waals surface area contributed by atoms with Gasteiger partial charge >= 0.3 is 5.97 Å². The Morgan fingerprint density at radius 2 is 2.27 bits per heavy atom. The molecule has 0 aliphatic heterocycles. The van der Waals surface area contributed by atoms with Gasteiger partial charge in [0.1, 0.15) is 0 Å². The van der Waals surface area contributed by atoms with Crippen LogP contribution in [0.25, 0.3) is 0 Å². The summed E-state index contributed by atoms with van der Waals surface area (Å²) in [6.07, 6.45) is 1.32. The molecule has 5 heteroatoms. The maximum Gasteiger partial charge on any atom is 0.306 e. The van der Waals surface area contributed by atoms with Crippen LogP contribution in [0.1, 0.15) is 19.3 Å². The van der Waals surface area contributed by atoms with Gasteiger partial charge in [0, 0.05) is 26.2 Å². The summed E-state index contributed by atoms with van der Waals surface area (Å²) in [6, 6.07) is 0.517. The van der Waals surface area contributed by atoms with Gasteiger partial charge in [-0.05, 0) is 12.8 Å². The fraction of sp³-hybridized carbons (Fsp3) is 0.900. The monoisotopic (exact) mass is 217 g/mol. The summed E-state index contributed by atoms with van der Waals surface area (Å²) in [4.78, 5) is 12.5. The number of nitrogens with zero attached hydrogens (tertiary/aromatic N) is 1. The lowest BCUT2D eigenvalue weighted by Crippen LogP contribution is -2.37. The van der Waals surface area contributed by atoms with Crippen molar-refractivity contribution in [1.82, 2.24) is 4.90 Å². The van der Waals surface area contributed by atoms with Gasteiger partial charge in [-0.25, -0.2) is 0 Å². The van der Waals surface area contributed by atoms with Crippen LogP contribution < -0.4 is 0 Å². The molecule has 88 valence electrons. The topological polar surface area (TPSA) is 70.0 Å². The highest BCUT2D eigenvalue weighted by molar-refractivity contribution is 5.67. The number of carbonyl (C=O) groups is 1. The fourth-order valence-corrected chi connectivity index (χ4v) is 1.61. The fourth-order valence-electron chi connectivity index (χ4n) is 1.61. The van der Waals surface area contributed by atoms with Crippen LogP contribution in [0.15, 0.2) is 0 Å². The number of hydrogen-bond acceptors (Lipinski definition) is 4. The molecule has 2 N–H and O–H groups in total. The Kier molecular flexibility index (Phi) is 5.01. The zero-order chi connectivity index (χ0) is 11.3. The van der Waals surface area contributed by atoms with Crippen molar-refractivity contribution < 1.29 is 19.7 Å². The minimum Gasteiger partial charge on any atom is -0.481 e. The summed E-state index contributed by atoms with van der Waals surface area (Å²) in [5.41, 5.74) is 0. The van der Waals surface area contributed by atoms with Gasteiger partial charge in [-0.15, -0.1) is 0 Å². The molecule has 0 spiro atoms. The van der Waals surface area contributed by atoms with Crippen LogP contribution >= 0.6 is 0 Å². The van der Waals surface area contributed by atoms with E-state index in [0.29, 0.717) is 19.2 Å². The summed E-state index contributed by atoms with van der Waals surface area (Å²) >= 11 is 0. The smallest absolute Gasteiger partial charge is 0.306 e. The number of carboxylic acid groups (broad SMARTS) is 1. The van der Waals surface area contributed by atoms with E-state index in [9.17, 15) is 9.90 Å². The molecule has 1 fully saturated rings. The van der Waals surface area contributed by atoms with Crippen LogP contribution in [0.4, 0.5) is 0 Å². The van der Waals surface area contributed by atoms with Crippen molar-refractivity contribution in [3.63, 3.8) is 0 Å². The molecular formula is C10H19NO4. The Morgan fingerprint density at radius 3 is 2.73 bits per heavy atom. The first-order valence-corrected chi connectivity index (χ1v) is 5.26. The quantitative estimate of drug-likeness (QED) is 0.595. The molecule has 0 aromatic rings. The first kappa shape index (κ1) is 12.4. The molecular weight excluding hydrogens is 198 g/mol. The Balaban J connectivity index is 2.26. The molecule has 0 radical (unpaired) electrons. The first-order chi connectivity index (χ1) is 7.13. The third kappa shape index (κ3) is 5.11. The van der Waals surface area contributed by atoms with Crippen molar-refractivity contribution in [3.05, 3.63) is 0 Å². The molecule has 1 aliphatic carbocycles. The number of aliphatic hydroxyl groups is 1. The lowest BCUT2D eigenvalue weighted by molar-refractivity contribution is -0.139. The number of ether oxygens (including phenoxy) is 1. The average molecular weight is 217 g/mol. The first-order valence-electron chi connectivity index (χ1n) is 5.26. The second-order valence-corrected chi connectivity index (χ2v) is 3.97. The van der Waals surface area contributed by atoms with E-state index in [2.05, 4.69) is 4.90 Å². The molecule has 0 amide bonds. The van der Waals surface area contributed by atoms with Crippen molar-refractivity contribution in [2.24, 2.45) is 0 Å². The highest BCUT2D eigenvalue weighted by Gasteiger charge is 2.30. The third-order valence-corrected chi connectivity index (χ3v) is 2.50. The highest BCUT2D eigenvalue weighted by Crippen LogP contribution is 2.26. The molecule has 0 bridgehead atoms. The second kappa shape index (κ2) is 6.05. The van der Waals surface area contributed by atoms with Gasteiger partial charge in [-0.1, -0.05) is 0 Å². The molecule has 15 heavy (non-hydrogen) atoms. The van der Waals surface area contributed by atoms with Crippen LogP contribution in [0.5, 0.6) is 0 Å². The Hall–Kier alpha value is -0.650. The van der Waals surface area contributed by atoms with Crippen molar-refractivity contribution in [2.75, 3.05) is 26.8 Å². The van der Waals surface area contributed by atoms with Gasteiger partial charge in [0.15, 0.2) is 0 Å². The predicted molar refractivity (Wildman–Crippen MR) is 54.7 cm³/mol. The highest BCUT2D eigenvalue weighted by atomic mass is 16.5. The van der Waals surface area contributed by atoms with Crippen molar-refractivity contribution in [2.45, 2.75) is 31.4 Å². The molecule has 1 aliphatic rings. The second-order valence-electron chi connectivity index (χ2n) is 3.97. The molecule has 1 saturated carbocycles. The van der Waals surface area contributed by atoms with E-state index in [1.165, 1.54) is 0 Å². The largest absolute Gasteiger partial charge is 0.481 e. The van der Waals surface area contributed by atoms with Gasteiger partial charge < -0.3 is 14.9 Å². The van der Waals surface area contributed by atoms with Crippen LogP contribution in [-0.2, 0) is 9.53 Å². The maximum atomic E-state index is 10.4.